The highest BCUT2D eigenvalue weighted by Crippen LogP contribution is 2.19. The third kappa shape index (κ3) is 4.19. The molecule has 1 saturated heterocycles. The van der Waals surface area contributed by atoms with E-state index in [4.69, 9.17) is 4.52 Å². The molecule has 1 fully saturated rings. The summed E-state index contributed by atoms with van der Waals surface area (Å²) in [6.45, 7) is 3.22. The molecule has 0 atom stereocenters. The summed E-state index contributed by atoms with van der Waals surface area (Å²) in [5.41, 5.74) is 1.17. The molecule has 0 saturated carbocycles. The molecular weight excluding hydrogens is 327 g/mol. The minimum absolute atomic E-state index is 0. The fourth-order valence-electron chi connectivity index (χ4n) is 2.23. The van der Waals surface area contributed by atoms with E-state index in [-0.39, 0.29) is 30.7 Å². The summed E-state index contributed by atoms with van der Waals surface area (Å²) >= 11 is 0. The van der Waals surface area contributed by atoms with Gasteiger partial charge >= 0.3 is 0 Å². The maximum Gasteiger partial charge on any atom is 0.276 e. The highest BCUT2D eigenvalue weighted by Gasteiger charge is 2.21. The van der Waals surface area contributed by atoms with Gasteiger partial charge in [0.25, 0.3) is 5.91 Å². The molecular formula is C14H18Cl2N4O2. The minimum atomic E-state index is -0.0763. The molecule has 0 radical (unpaired) electrons. The highest BCUT2D eigenvalue weighted by molar-refractivity contribution is 5.93. The van der Waals surface area contributed by atoms with E-state index in [0.29, 0.717) is 18.0 Å². The Labute approximate surface area is 141 Å². The van der Waals surface area contributed by atoms with Crippen molar-refractivity contribution in [2.75, 3.05) is 26.2 Å². The van der Waals surface area contributed by atoms with Crippen molar-refractivity contribution in [2.24, 2.45) is 0 Å². The Hall–Kier alpha value is -1.63. The van der Waals surface area contributed by atoms with Crippen molar-refractivity contribution < 1.29 is 9.32 Å². The highest BCUT2D eigenvalue weighted by atomic mass is 35.5. The fraction of sp³-hybridized carbons (Fsp3) is 0.357. The van der Waals surface area contributed by atoms with Gasteiger partial charge in [0.05, 0.1) is 0 Å². The molecule has 6 nitrogen and oxygen atoms in total. The zero-order chi connectivity index (χ0) is 13.8. The molecule has 0 aromatic carbocycles. The molecule has 0 aliphatic carbocycles. The molecule has 1 amide bonds. The third-order valence-corrected chi connectivity index (χ3v) is 3.30. The van der Waals surface area contributed by atoms with Gasteiger partial charge in [0.15, 0.2) is 11.5 Å². The van der Waals surface area contributed by atoms with E-state index in [1.165, 1.54) is 0 Å². The second kappa shape index (κ2) is 8.73. The molecule has 8 heteroatoms. The standard InChI is InChI=1S/C14H16N4O2.2ClH/c19-14(18-7-2-5-15-6-8-18)12-9-13(20-17-12)11-3-1-4-16-10-11;;/h1,3-4,9-10,15H,2,5-8H2;2*1H. The number of pyridine rings is 1. The van der Waals surface area contributed by atoms with Gasteiger partial charge in [-0.3, -0.25) is 9.78 Å². The summed E-state index contributed by atoms with van der Waals surface area (Å²) in [7, 11) is 0. The molecule has 0 spiro atoms. The third-order valence-electron chi connectivity index (χ3n) is 3.30. The Bertz CT molecular complexity index is 584. The van der Waals surface area contributed by atoms with E-state index >= 15 is 0 Å². The van der Waals surface area contributed by atoms with E-state index < -0.39 is 0 Å². The molecule has 1 aliphatic rings. The van der Waals surface area contributed by atoms with Gasteiger partial charge in [-0.15, -0.1) is 24.8 Å². The fourth-order valence-corrected chi connectivity index (χ4v) is 2.23. The summed E-state index contributed by atoms with van der Waals surface area (Å²) in [6.07, 6.45) is 4.33. The van der Waals surface area contributed by atoms with E-state index in [9.17, 15) is 4.79 Å². The van der Waals surface area contributed by atoms with Crippen LogP contribution in [0.3, 0.4) is 0 Å². The van der Waals surface area contributed by atoms with Crippen LogP contribution in [0.2, 0.25) is 0 Å². The van der Waals surface area contributed by atoms with Gasteiger partial charge in [0, 0.05) is 43.7 Å². The largest absolute Gasteiger partial charge is 0.355 e. The zero-order valence-electron chi connectivity index (χ0n) is 11.9. The van der Waals surface area contributed by atoms with Gasteiger partial charge in [-0.05, 0) is 25.1 Å². The monoisotopic (exact) mass is 344 g/mol. The quantitative estimate of drug-likeness (QED) is 0.902. The number of hydrogen-bond donors (Lipinski definition) is 1. The predicted octanol–water partition coefficient (Wildman–Crippen LogP) is 2.02. The van der Waals surface area contributed by atoms with Crippen LogP contribution >= 0.6 is 24.8 Å². The minimum Gasteiger partial charge on any atom is -0.355 e. The number of nitrogens with zero attached hydrogens (tertiary/aromatic N) is 3. The van der Waals surface area contributed by atoms with E-state index in [2.05, 4.69) is 15.5 Å². The van der Waals surface area contributed by atoms with Gasteiger partial charge < -0.3 is 14.7 Å². The Morgan fingerprint density at radius 2 is 2.14 bits per heavy atom. The molecule has 2 aromatic rings. The molecule has 3 heterocycles. The van der Waals surface area contributed by atoms with Crippen molar-refractivity contribution in [3.63, 3.8) is 0 Å². The van der Waals surface area contributed by atoms with E-state index in [0.717, 1.165) is 31.6 Å². The first-order valence-corrected chi connectivity index (χ1v) is 6.72. The van der Waals surface area contributed by atoms with Crippen molar-refractivity contribution in [1.82, 2.24) is 20.4 Å². The van der Waals surface area contributed by atoms with Gasteiger partial charge in [-0.1, -0.05) is 5.16 Å². The number of nitrogens with one attached hydrogen (secondary N) is 1. The van der Waals surface area contributed by atoms with Gasteiger partial charge in [0.1, 0.15) is 0 Å². The van der Waals surface area contributed by atoms with Crippen molar-refractivity contribution in [3.8, 4) is 11.3 Å². The number of rotatable bonds is 2. The van der Waals surface area contributed by atoms with Crippen LogP contribution < -0.4 is 5.32 Å². The number of hydrogen-bond acceptors (Lipinski definition) is 5. The molecule has 0 unspecified atom stereocenters. The van der Waals surface area contributed by atoms with Crippen LogP contribution in [0.4, 0.5) is 0 Å². The van der Waals surface area contributed by atoms with Crippen LogP contribution in [0.25, 0.3) is 11.3 Å². The zero-order valence-corrected chi connectivity index (χ0v) is 13.5. The molecule has 0 bridgehead atoms. The van der Waals surface area contributed by atoms with Crippen LogP contribution in [0.5, 0.6) is 0 Å². The van der Waals surface area contributed by atoms with Gasteiger partial charge in [-0.2, -0.15) is 0 Å². The van der Waals surface area contributed by atoms with Crippen LogP contribution in [0.15, 0.2) is 35.1 Å². The summed E-state index contributed by atoms with van der Waals surface area (Å²) in [4.78, 5) is 18.2. The Morgan fingerprint density at radius 1 is 1.27 bits per heavy atom. The van der Waals surface area contributed by atoms with Crippen molar-refractivity contribution in [3.05, 3.63) is 36.3 Å². The van der Waals surface area contributed by atoms with Crippen LogP contribution in [0.1, 0.15) is 16.9 Å². The van der Waals surface area contributed by atoms with Crippen LogP contribution in [-0.4, -0.2) is 47.1 Å². The number of carbonyl (C=O) groups excluding carboxylic acids is 1. The van der Waals surface area contributed by atoms with Crippen molar-refractivity contribution in [2.45, 2.75) is 6.42 Å². The lowest BCUT2D eigenvalue weighted by atomic mass is 10.2. The predicted molar refractivity (Wildman–Crippen MR) is 87.6 cm³/mol. The molecule has 3 rings (SSSR count). The average Bonchev–Trinajstić information content (AvgIpc) is 2.83. The lowest BCUT2D eigenvalue weighted by molar-refractivity contribution is 0.0756. The first-order chi connectivity index (χ1) is 9.84. The molecule has 1 aliphatic heterocycles. The number of aromatic nitrogens is 2. The Kier molecular flexibility index (Phi) is 7.31. The summed E-state index contributed by atoms with van der Waals surface area (Å²) < 4.78 is 5.24. The SMILES string of the molecule is Cl.Cl.O=C(c1cc(-c2cccnc2)on1)N1CCCNCC1. The normalized spacial score (nSPS) is 14.5. The Morgan fingerprint density at radius 3 is 2.91 bits per heavy atom. The van der Waals surface area contributed by atoms with Crippen molar-refractivity contribution >= 4 is 30.7 Å². The average molecular weight is 345 g/mol. The van der Waals surface area contributed by atoms with E-state index in [1.807, 2.05) is 17.0 Å². The lowest BCUT2D eigenvalue weighted by Crippen LogP contribution is -2.34. The number of amides is 1. The van der Waals surface area contributed by atoms with Gasteiger partial charge in [0.2, 0.25) is 0 Å². The smallest absolute Gasteiger partial charge is 0.276 e. The Balaban J connectivity index is 0.00000121. The molecule has 1 N–H and O–H groups in total. The van der Waals surface area contributed by atoms with Crippen LogP contribution in [-0.2, 0) is 0 Å². The van der Waals surface area contributed by atoms with Crippen LogP contribution in [0, 0.1) is 0 Å². The lowest BCUT2D eigenvalue weighted by Gasteiger charge is -2.17. The number of carbonyl (C=O) groups is 1. The molecule has 2 aromatic heterocycles. The van der Waals surface area contributed by atoms with Gasteiger partial charge in [-0.25, -0.2) is 0 Å². The second-order valence-electron chi connectivity index (χ2n) is 4.71. The number of halogens is 2. The van der Waals surface area contributed by atoms with Crippen molar-refractivity contribution in [1.29, 1.82) is 0 Å². The second-order valence-corrected chi connectivity index (χ2v) is 4.71. The summed E-state index contributed by atoms with van der Waals surface area (Å²) in [5.74, 6) is 0.488. The summed E-state index contributed by atoms with van der Waals surface area (Å²) in [5, 5.41) is 7.15. The topological polar surface area (TPSA) is 71.3 Å². The maximum absolute atomic E-state index is 12.4. The molecule has 120 valence electrons. The first-order valence-electron chi connectivity index (χ1n) is 6.72. The van der Waals surface area contributed by atoms with E-state index in [1.54, 1.807) is 18.5 Å². The first kappa shape index (κ1) is 18.4. The molecule has 22 heavy (non-hydrogen) atoms. The maximum atomic E-state index is 12.4. The summed E-state index contributed by atoms with van der Waals surface area (Å²) in [6, 6.07) is 5.37.